The van der Waals surface area contributed by atoms with Crippen LogP contribution in [-0.2, 0) is 9.59 Å². The normalized spacial score (nSPS) is 13.3. The van der Waals surface area contributed by atoms with E-state index in [1.807, 2.05) is 34.6 Å². The standard InChI is InChI=1S/C13H26N2O3/c1-9(2)10(8-16)15-11(17)6-7-14-12(18)13(3,4)5/h9-10,16H,6-8H2,1-5H3,(H,14,18)(H,15,17)/t10-/m1/s1. The Morgan fingerprint density at radius 2 is 1.78 bits per heavy atom. The molecule has 0 saturated heterocycles. The maximum Gasteiger partial charge on any atom is 0.225 e. The van der Waals surface area contributed by atoms with Crippen molar-refractivity contribution in [3.05, 3.63) is 0 Å². The molecule has 0 saturated carbocycles. The van der Waals surface area contributed by atoms with E-state index in [1.54, 1.807) is 0 Å². The van der Waals surface area contributed by atoms with Crippen molar-refractivity contribution < 1.29 is 14.7 Å². The molecule has 106 valence electrons. The number of amides is 2. The van der Waals surface area contributed by atoms with Crippen molar-refractivity contribution in [2.24, 2.45) is 11.3 Å². The molecule has 2 amide bonds. The van der Waals surface area contributed by atoms with Gasteiger partial charge in [-0.05, 0) is 5.92 Å². The van der Waals surface area contributed by atoms with E-state index in [0.29, 0.717) is 6.54 Å². The molecule has 0 bridgehead atoms. The van der Waals surface area contributed by atoms with E-state index in [2.05, 4.69) is 10.6 Å². The quantitative estimate of drug-likeness (QED) is 0.655. The van der Waals surface area contributed by atoms with Gasteiger partial charge in [-0.1, -0.05) is 34.6 Å². The highest BCUT2D eigenvalue weighted by molar-refractivity contribution is 5.82. The molecule has 5 nitrogen and oxygen atoms in total. The molecule has 0 aromatic rings. The molecule has 0 aliphatic rings. The van der Waals surface area contributed by atoms with Crippen LogP contribution in [0.15, 0.2) is 0 Å². The lowest BCUT2D eigenvalue weighted by atomic mass is 9.96. The van der Waals surface area contributed by atoms with Gasteiger partial charge in [0.05, 0.1) is 12.6 Å². The van der Waals surface area contributed by atoms with Crippen LogP contribution in [0.5, 0.6) is 0 Å². The minimum atomic E-state index is -0.442. The Kier molecular flexibility index (Phi) is 6.91. The number of carbonyl (C=O) groups is 2. The summed E-state index contributed by atoms with van der Waals surface area (Å²) < 4.78 is 0. The van der Waals surface area contributed by atoms with Crippen LogP contribution in [0.4, 0.5) is 0 Å². The molecule has 1 atom stereocenters. The number of hydrogen-bond donors (Lipinski definition) is 3. The van der Waals surface area contributed by atoms with Crippen molar-refractivity contribution in [3.63, 3.8) is 0 Å². The summed E-state index contributed by atoms with van der Waals surface area (Å²) in [5.41, 5.74) is -0.442. The van der Waals surface area contributed by atoms with Crippen molar-refractivity contribution >= 4 is 11.8 Å². The topological polar surface area (TPSA) is 78.4 Å². The zero-order valence-electron chi connectivity index (χ0n) is 12.0. The van der Waals surface area contributed by atoms with Gasteiger partial charge in [-0.2, -0.15) is 0 Å². The van der Waals surface area contributed by atoms with Crippen LogP contribution in [0.3, 0.4) is 0 Å². The number of hydrogen-bond acceptors (Lipinski definition) is 3. The second-order valence-corrected chi connectivity index (χ2v) is 5.86. The van der Waals surface area contributed by atoms with Crippen molar-refractivity contribution in [2.75, 3.05) is 13.2 Å². The van der Waals surface area contributed by atoms with E-state index in [9.17, 15) is 9.59 Å². The Morgan fingerprint density at radius 1 is 1.22 bits per heavy atom. The van der Waals surface area contributed by atoms with Gasteiger partial charge in [0.1, 0.15) is 0 Å². The van der Waals surface area contributed by atoms with E-state index in [4.69, 9.17) is 5.11 Å². The maximum absolute atomic E-state index is 11.6. The summed E-state index contributed by atoms with van der Waals surface area (Å²) in [6.45, 7) is 9.58. The lowest BCUT2D eigenvalue weighted by molar-refractivity contribution is -0.128. The molecule has 0 spiro atoms. The fourth-order valence-electron chi connectivity index (χ4n) is 1.26. The molecule has 18 heavy (non-hydrogen) atoms. The van der Waals surface area contributed by atoms with Crippen molar-refractivity contribution in [2.45, 2.75) is 47.1 Å². The van der Waals surface area contributed by atoms with Gasteiger partial charge < -0.3 is 15.7 Å². The van der Waals surface area contributed by atoms with Crippen LogP contribution in [0.25, 0.3) is 0 Å². The third-order valence-electron chi connectivity index (χ3n) is 2.67. The molecule has 3 N–H and O–H groups in total. The second kappa shape index (κ2) is 7.36. The first kappa shape index (κ1) is 16.9. The summed E-state index contributed by atoms with van der Waals surface area (Å²) >= 11 is 0. The number of aliphatic hydroxyl groups excluding tert-OH is 1. The molecule has 0 aliphatic carbocycles. The molecule has 0 unspecified atom stereocenters. The average Bonchev–Trinajstić information content (AvgIpc) is 2.23. The zero-order valence-corrected chi connectivity index (χ0v) is 12.0. The lowest BCUT2D eigenvalue weighted by Crippen LogP contribution is -2.43. The third kappa shape index (κ3) is 6.59. The minimum Gasteiger partial charge on any atom is -0.394 e. The zero-order chi connectivity index (χ0) is 14.3. The Hall–Kier alpha value is -1.10. The lowest BCUT2D eigenvalue weighted by Gasteiger charge is -2.20. The Labute approximate surface area is 109 Å². The van der Waals surface area contributed by atoms with Crippen LogP contribution >= 0.6 is 0 Å². The molecular formula is C13H26N2O3. The highest BCUT2D eigenvalue weighted by Gasteiger charge is 2.21. The van der Waals surface area contributed by atoms with E-state index in [0.717, 1.165) is 0 Å². The highest BCUT2D eigenvalue weighted by atomic mass is 16.3. The van der Waals surface area contributed by atoms with E-state index in [-0.39, 0.29) is 36.8 Å². The van der Waals surface area contributed by atoms with Gasteiger partial charge in [0.25, 0.3) is 0 Å². The van der Waals surface area contributed by atoms with Crippen LogP contribution < -0.4 is 10.6 Å². The smallest absolute Gasteiger partial charge is 0.225 e. The average molecular weight is 258 g/mol. The van der Waals surface area contributed by atoms with E-state index in [1.165, 1.54) is 0 Å². The number of aliphatic hydroxyl groups is 1. The third-order valence-corrected chi connectivity index (χ3v) is 2.67. The molecule has 0 heterocycles. The van der Waals surface area contributed by atoms with Gasteiger partial charge in [0.2, 0.25) is 11.8 Å². The molecule has 0 aliphatic heterocycles. The summed E-state index contributed by atoms with van der Waals surface area (Å²) in [5.74, 6) is -0.0436. The number of carbonyl (C=O) groups excluding carboxylic acids is 2. The Balaban J connectivity index is 3.95. The molecule has 0 fully saturated rings. The first-order chi connectivity index (χ1) is 8.18. The summed E-state index contributed by atoms with van der Waals surface area (Å²) in [5, 5.41) is 14.5. The van der Waals surface area contributed by atoms with Gasteiger partial charge >= 0.3 is 0 Å². The summed E-state index contributed by atoms with van der Waals surface area (Å²) in [7, 11) is 0. The maximum atomic E-state index is 11.6. The van der Waals surface area contributed by atoms with Crippen molar-refractivity contribution in [1.82, 2.24) is 10.6 Å². The summed E-state index contributed by atoms with van der Waals surface area (Å²) in [6.07, 6.45) is 0.227. The Morgan fingerprint density at radius 3 is 2.17 bits per heavy atom. The predicted molar refractivity (Wildman–Crippen MR) is 70.9 cm³/mol. The van der Waals surface area contributed by atoms with E-state index >= 15 is 0 Å². The van der Waals surface area contributed by atoms with Gasteiger partial charge in [-0.15, -0.1) is 0 Å². The second-order valence-electron chi connectivity index (χ2n) is 5.86. The molecule has 0 radical (unpaired) electrons. The van der Waals surface area contributed by atoms with Gasteiger partial charge in [0.15, 0.2) is 0 Å². The monoisotopic (exact) mass is 258 g/mol. The van der Waals surface area contributed by atoms with Crippen LogP contribution in [0.1, 0.15) is 41.0 Å². The summed E-state index contributed by atoms with van der Waals surface area (Å²) in [4.78, 5) is 23.1. The number of nitrogens with one attached hydrogen (secondary N) is 2. The molecule has 0 aromatic carbocycles. The van der Waals surface area contributed by atoms with Crippen LogP contribution in [-0.4, -0.2) is 36.1 Å². The van der Waals surface area contributed by atoms with Crippen LogP contribution in [0, 0.1) is 11.3 Å². The van der Waals surface area contributed by atoms with Gasteiger partial charge in [-0.3, -0.25) is 9.59 Å². The SMILES string of the molecule is CC(C)[C@@H](CO)NC(=O)CCNC(=O)C(C)(C)C. The van der Waals surface area contributed by atoms with Crippen molar-refractivity contribution in [3.8, 4) is 0 Å². The van der Waals surface area contributed by atoms with Crippen LogP contribution in [0.2, 0.25) is 0 Å². The van der Waals surface area contributed by atoms with Gasteiger partial charge in [0, 0.05) is 18.4 Å². The molecule has 0 aromatic heterocycles. The molecular weight excluding hydrogens is 232 g/mol. The molecule has 0 rings (SSSR count). The Bertz CT molecular complexity index is 282. The fraction of sp³-hybridized carbons (Fsp3) is 0.846. The summed E-state index contributed by atoms with van der Waals surface area (Å²) in [6, 6.07) is -0.226. The van der Waals surface area contributed by atoms with Gasteiger partial charge in [-0.25, -0.2) is 0 Å². The first-order valence-corrected chi connectivity index (χ1v) is 6.37. The highest BCUT2D eigenvalue weighted by Crippen LogP contribution is 2.12. The number of rotatable bonds is 6. The predicted octanol–water partition coefficient (Wildman–Crippen LogP) is 0.672. The first-order valence-electron chi connectivity index (χ1n) is 6.37. The fourth-order valence-corrected chi connectivity index (χ4v) is 1.26. The molecule has 5 heteroatoms. The minimum absolute atomic E-state index is 0.0714. The largest absolute Gasteiger partial charge is 0.394 e. The van der Waals surface area contributed by atoms with E-state index < -0.39 is 5.41 Å². The van der Waals surface area contributed by atoms with Crippen molar-refractivity contribution in [1.29, 1.82) is 0 Å².